The van der Waals surface area contributed by atoms with Crippen LogP contribution in [0.1, 0.15) is 22.5 Å². The zero-order valence-corrected chi connectivity index (χ0v) is 13.1. The minimum Gasteiger partial charge on any atom is -0.459 e. The Morgan fingerprint density at radius 1 is 1.13 bits per heavy atom. The highest BCUT2D eigenvalue weighted by atomic mass is 19.1. The van der Waals surface area contributed by atoms with Crippen LogP contribution in [0.25, 0.3) is 0 Å². The lowest BCUT2D eigenvalue weighted by Gasteiger charge is -2.34. The van der Waals surface area contributed by atoms with E-state index in [2.05, 4.69) is 4.90 Å². The Hall–Kier alpha value is -2.14. The molecular weight excluding hydrogens is 295 g/mol. The molecule has 3 rings (SSSR count). The summed E-state index contributed by atoms with van der Waals surface area (Å²) in [5.74, 6) is 0.200. The van der Waals surface area contributed by atoms with Gasteiger partial charge in [0.25, 0.3) is 5.91 Å². The zero-order chi connectivity index (χ0) is 16.1. The molecule has 5 heteroatoms. The largest absolute Gasteiger partial charge is 0.459 e. The second-order valence-electron chi connectivity index (χ2n) is 5.84. The molecule has 1 aromatic carbocycles. The van der Waals surface area contributed by atoms with E-state index in [-0.39, 0.29) is 11.7 Å². The van der Waals surface area contributed by atoms with E-state index in [0.29, 0.717) is 5.76 Å². The molecule has 0 radical (unpaired) electrons. The number of amides is 1. The summed E-state index contributed by atoms with van der Waals surface area (Å²) in [4.78, 5) is 16.4. The van der Waals surface area contributed by atoms with Crippen LogP contribution in [-0.2, 0) is 6.42 Å². The maximum Gasteiger partial charge on any atom is 0.289 e. The van der Waals surface area contributed by atoms with Crippen molar-refractivity contribution in [3.8, 4) is 0 Å². The van der Waals surface area contributed by atoms with Crippen LogP contribution in [0.2, 0.25) is 0 Å². The van der Waals surface area contributed by atoms with Gasteiger partial charge in [-0.1, -0.05) is 12.1 Å². The Kier molecular flexibility index (Phi) is 5.08. The van der Waals surface area contributed by atoms with Gasteiger partial charge in [0.05, 0.1) is 6.26 Å². The van der Waals surface area contributed by atoms with E-state index in [4.69, 9.17) is 4.42 Å². The highest BCUT2D eigenvalue weighted by Crippen LogP contribution is 2.11. The lowest BCUT2D eigenvalue weighted by molar-refractivity contribution is 0.0605. The molecule has 0 N–H and O–H groups in total. The maximum absolute atomic E-state index is 13.1. The van der Waals surface area contributed by atoms with Gasteiger partial charge in [-0.3, -0.25) is 9.69 Å². The van der Waals surface area contributed by atoms with E-state index in [0.717, 1.165) is 51.1 Å². The Bertz CT molecular complexity index is 634. The molecule has 1 saturated heterocycles. The highest BCUT2D eigenvalue weighted by Gasteiger charge is 2.23. The first-order chi connectivity index (χ1) is 11.2. The summed E-state index contributed by atoms with van der Waals surface area (Å²) < 4.78 is 18.3. The summed E-state index contributed by atoms with van der Waals surface area (Å²) in [5.41, 5.74) is 1.04. The lowest BCUT2D eigenvalue weighted by Crippen LogP contribution is -2.48. The summed E-state index contributed by atoms with van der Waals surface area (Å²) in [5, 5.41) is 0. The molecule has 1 fully saturated rings. The molecule has 122 valence electrons. The molecule has 2 aromatic rings. The highest BCUT2D eigenvalue weighted by molar-refractivity contribution is 5.91. The third kappa shape index (κ3) is 4.20. The molecule has 2 heterocycles. The average molecular weight is 316 g/mol. The van der Waals surface area contributed by atoms with Crippen LogP contribution in [0.5, 0.6) is 0 Å². The van der Waals surface area contributed by atoms with Crippen molar-refractivity contribution >= 4 is 5.91 Å². The molecule has 4 nitrogen and oxygen atoms in total. The number of furan rings is 1. The molecule has 0 aliphatic carbocycles. The monoisotopic (exact) mass is 316 g/mol. The number of carbonyl (C=O) groups is 1. The second-order valence-corrected chi connectivity index (χ2v) is 5.84. The number of hydrogen-bond donors (Lipinski definition) is 0. The number of nitrogens with zero attached hydrogens (tertiary/aromatic N) is 2. The fraction of sp³-hybridized carbons (Fsp3) is 0.389. The Morgan fingerprint density at radius 3 is 2.65 bits per heavy atom. The predicted octanol–water partition coefficient (Wildman–Crippen LogP) is 2.81. The van der Waals surface area contributed by atoms with Crippen molar-refractivity contribution in [2.75, 3.05) is 32.7 Å². The molecular formula is C18H21FN2O2. The maximum atomic E-state index is 13.1. The minimum atomic E-state index is -0.174. The van der Waals surface area contributed by atoms with Crippen LogP contribution in [-0.4, -0.2) is 48.4 Å². The van der Waals surface area contributed by atoms with Gasteiger partial charge in [0.1, 0.15) is 5.82 Å². The molecule has 1 aliphatic heterocycles. The second kappa shape index (κ2) is 7.42. The zero-order valence-electron chi connectivity index (χ0n) is 13.1. The fourth-order valence-electron chi connectivity index (χ4n) is 2.93. The molecule has 1 aliphatic rings. The first-order valence-electron chi connectivity index (χ1n) is 8.02. The molecule has 0 saturated carbocycles. The van der Waals surface area contributed by atoms with Gasteiger partial charge >= 0.3 is 0 Å². The Labute approximate surface area is 135 Å². The first-order valence-corrected chi connectivity index (χ1v) is 8.02. The van der Waals surface area contributed by atoms with Crippen LogP contribution in [0.3, 0.4) is 0 Å². The number of benzene rings is 1. The van der Waals surface area contributed by atoms with Crippen molar-refractivity contribution < 1.29 is 13.6 Å². The number of piperazine rings is 1. The van der Waals surface area contributed by atoms with Crippen LogP contribution in [0.4, 0.5) is 4.39 Å². The molecule has 23 heavy (non-hydrogen) atoms. The Morgan fingerprint density at radius 2 is 1.96 bits per heavy atom. The number of aryl methyl sites for hydroxylation is 1. The van der Waals surface area contributed by atoms with Crippen molar-refractivity contribution in [3.05, 3.63) is 59.8 Å². The van der Waals surface area contributed by atoms with E-state index in [1.807, 2.05) is 11.0 Å². The SMILES string of the molecule is O=C(c1ccco1)N1CCN(CCCc2cccc(F)c2)CC1. The predicted molar refractivity (Wildman–Crippen MR) is 85.8 cm³/mol. The van der Waals surface area contributed by atoms with Crippen LogP contribution >= 0.6 is 0 Å². The Balaban J connectivity index is 1.40. The van der Waals surface area contributed by atoms with Gasteiger partial charge < -0.3 is 9.32 Å². The first kappa shape index (κ1) is 15.7. The summed E-state index contributed by atoms with van der Waals surface area (Å²) in [6, 6.07) is 10.2. The minimum absolute atomic E-state index is 0.0330. The number of hydrogen-bond acceptors (Lipinski definition) is 3. The van der Waals surface area contributed by atoms with E-state index in [1.165, 1.54) is 12.3 Å². The van der Waals surface area contributed by atoms with Gasteiger partial charge in [-0.05, 0) is 49.2 Å². The average Bonchev–Trinajstić information content (AvgIpc) is 3.09. The van der Waals surface area contributed by atoms with Crippen molar-refractivity contribution in [1.82, 2.24) is 9.80 Å². The van der Waals surface area contributed by atoms with Crippen molar-refractivity contribution in [3.63, 3.8) is 0 Å². The molecule has 0 bridgehead atoms. The van der Waals surface area contributed by atoms with Gasteiger partial charge in [-0.15, -0.1) is 0 Å². The smallest absolute Gasteiger partial charge is 0.289 e. The normalized spacial score (nSPS) is 15.8. The third-order valence-electron chi connectivity index (χ3n) is 4.22. The standard InChI is InChI=1S/C18H21FN2O2/c19-16-6-1-4-15(14-16)5-2-8-20-9-11-21(12-10-20)18(22)17-7-3-13-23-17/h1,3-4,6-7,13-14H,2,5,8-12H2. The summed E-state index contributed by atoms with van der Waals surface area (Å²) >= 11 is 0. The van der Waals surface area contributed by atoms with Crippen molar-refractivity contribution in [2.45, 2.75) is 12.8 Å². The van der Waals surface area contributed by atoms with Gasteiger partial charge in [-0.2, -0.15) is 0 Å². The quantitative estimate of drug-likeness (QED) is 0.851. The molecule has 0 spiro atoms. The molecule has 0 atom stereocenters. The third-order valence-corrected chi connectivity index (χ3v) is 4.22. The fourth-order valence-corrected chi connectivity index (χ4v) is 2.93. The lowest BCUT2D eigenvalue weighted by atomic mass is 10.1. The van der Waals surface area contributed by atoms with Gasteiger partial charge in [0.15, 0.2) is 5.76 Å². The van der Waals surface area contributed by atoms with E-state index in [1.54, 1.807) is 24.3 Å². The van der Waals surface area contributed by atoms with Gasteiger partial charge in [0, 0.05) is 26.2 Å². The van der Waals surface area contributed by atoms with Crippen LogP contribution < -0.4 is 0 Å². The van der Waals surface area contributed by atoms with Gasteiger partial charge in [-0.25, -0.2) is 4.39 Å². The molecule has 1 aromatic heterocycles. The summed E-state index contributed by atoms with van der Waals surface area (Å²) in [6.45, 7) is 4.16. The van der Waals surface area contributed by atoms with E-state index in [9.17, 15) is 9.18 Å². The van der Waals surface area contributed by atoms with Crippen LogP contribution in [0, 0.1) is 5.82 Å². The topological polar surface area (TPSA) is 36.7 Å². The van der Waals surface area contributed by atoms with Crippen molar-refractivity contribution in [2.24, 2.45) is 0 Å². The number of halogens is 1. The van der Waals surface area contributed by atoms with Crippen molar-refractivity contribution in [1.29, 1.82) is 0 Å². The van der Waals surface area contributed by atoms with Crippen LogP contribution in [0.15, 0.2) is 47.1 Å². The van der Waals surface area contributed by atoms with E-state index < -0.39 is 0 Å². The number of rotatable bonds is 5. The van der Waals surface area contributed by atoms with E-state index >= 15 is 0 Å². The molecule has 1 amide bonds. The molecule has 0 unspecified atom stereocenters. The van der Waals surface area contributed by atoms with Gasteiger partial charge in [0.2, 0.25) is 0 Å². The summed E-state index contributed by atoms with van der Waals surface area (Å²) in [6.07, 6.45) is 3.40. The number of carbonyl (C=O) groups excluding carboxylic acids is 1. The summed E-state index contributed by atoms with van der Waals surface area (Å²) in [7, 11) is 0.